The first-order valence-corrected chi connectivity index (χ1v) is 12.9. The third-order valence-electron chi connectivity index (χ3n) is 5.17. The lowest BCUT2D eigenvalue weighted by molar-refractivity contribution is 0.203. The number of hydrogen-bond acceptors (Lipinski definition) is 7. The standard InChI is InChI=1S/C20H20N4O7S2/c21-10-13-2-1-3-17(8-13)33(29,30)24-12-15(11-22-32(27,28)16-5-6-16)31-19-7-4-14(9-18(19)24)23-20(25)26/h1-4,7-9,15-16,22-23H,5-6,11-12H2,(H,25,26). The van der Waals surface area contributed by atoms with E-state index in [4.69, 9.17) is 15.1 Å². The molecule has 33 heavy (non-hydrogen) atoms. The van der Waals surface area contributed by atoms with Crippen LogP contribution in [0.15, 0.2) is 47.4 Å². The van der Waals surface area contributed by atoms with Crippen LogP contribution in [0.3, 0.4) is 0 Å². The highest BCUT2D eigenvalue weighted by Crippen LogP contribution is 2.39. The molecule has 0 radical (unpaired) electrons. The summed E-state index contributed by atoms with van der Waals surface area (Å²) in [6.45, 7) is -0.368. The topological polar surface area (TPSA) is 166 Å². The van der Waals surface area contributed by atoms with Crippen molar-refractivity contribution in [1.82, 2.24) is 4.72 Å². The molecule has 1 atom stereocenters. The molecule has 2 aromatic rings. The molecule has 0 saturated heterocycles. The number of sulfonamides is 2. The van der Waals surface area contributed by atoms with Crippen molar-refractivity contribution in [3.8, 4) is 11.8 Å². The number of nitrogens with zero attached hydrogens (tertiary/aromatic N) is 2. The fourth-order valence-electron chi connectivity index (χ4n) is 3.41. The van der Waals surface area contributed by atoms with E-state index in [0.29, 0.717) is 12.8 Å². The van der Waals surface area contributed by atoms with Crippen LogP contribution in [0.2, 0.25) is 0 Å². The summed E-state index contributed by atoms with van der Waals surface area (Å²) >= 11 is 0. The normalized spacial score (nSPS) is 18.0. The average Bonchev–Trinajstić information content (AvgIpc) is 3.63. The lowest BCUT2D eigenvalue weighted by atomic mass is 10.2. The molecule has 0 bridgehead atoms. The van der Waals surface area contributed by atoms with Gasteiger partial charge in [0, 0.05) is 12.2 Å². The van der Waals surface area contributed by atoms with Gasteiger partial charge in [0.15, 0.2) is 0 Å². The highest BCUT2D eigenvalue weighted by atomic mass is 32.2. The predicted molar refractivity (Wildman–Crippen MR) is 118 cm³/mol. The van der Waals surface area contributed by atoms with E-state index in [0.717, 1.165) is 4.31 Å². The molecule has 174 valence electrons. The Kier molecular flexibility index (Phi) is 5.91. The quantitative estimate of drug-likeness (QED) is 0.525. The molecule has 3 N–H and O–H groups in total. The number of anilines is 2. The molecule has 1 unspecified atom stereocenters. The van der Waals surface area contributed by atoms with E-state index in [1.165, 1.54) is 42.5 Å². The van der Waals surface area contributed by atoms with Gasteiger partial charge in [-0.25, -0.2) is 26.4 Å². The number of carboxylic acid groups (broad SMARTS) is 1. The maximum atomic E-state index is 13.5. The minimum Gasteiger partial charge on any atom is -0.485 e. The summed E-state index contributed by atoms with van der Waals surface area (Å²) in [5, 5.41) is 19.9. The molecule has 1 aliphatic heterocycles. The van der Waals surface area contributed by atoms with Crippen LogP contribution < -0.4 is 19.1 Å². The maximum Gasteiger partial charge on any atom is 0.409 e. The molecular formula is C20H20N4O7S2. The molecule has 0 aromatic heterocycles. The molecule has 4 rings (SSSR count). The summed E-state index contributed by atoms with van der Waals surface area (Å²) < 4.78 is 60.8. The molecule has 2 aromatic carbocycles. The van der Waals surface area contributed by atoms with Crippen molar-refractivity contribution in [3.63, 3.8) is 0 Å². The maximum absolute atomic E-state index is 13.5. The van der Waals surface area contributed by atoms with E-state index in [9.17, 15) is 21.6 Å². The second-order valence-corrected chi connectivity index (χ2v) is 11.5. The lowest BCUT2D eigenvalue weighted by Crippen LogP contribution is -2.48. The summed E-state index contributed by atoms with van der Waals surface area (Å²) in [5.74, 6) is 0.146. The number of hydrogen-bond donors (Lipinski definition) is 3. The zero-order valence-electron chi connectivity index (χ0n) is 17.1. The molecular weight excluding hydrogens is 472 g/mol. The Morgan fingerprint density at radius 2 is 1.94 bits per heavy atom. The number of carbonyl (C=O) groups is 1. The van der Waals surface area contributed by atoms with Gasteiger partial charge in [-0.2, -0.15) is 5.26 Å². The van der Waals surface area contributed by atoms with Crippen molar-refractivity contribution in [2.45, 2.75) is 29.1 Å². The van der Waals surface area contributed by atoms with Crippen LogP contribution in [-0.4, -0.2) is 52.5 Å². The second-order valence-electron chi connectivity index (χ2n) is 7.62. The van der Waals surface area contributed by atoms with Gasteiger partial charge in [-0.1, -0.05) is 6.07 Å². The minimum absolute atomic E-state index is 0.0879. The van der Waals surface area contributed by atoms with Crippen LogP contribution in [-0.2, 0) is 20.0 Å². The zero-order chi connectivity index (χ0) is 23.8. The minimum atomic E-state index is -4.19. The van der Waals surface area contributed by atoms with Crippen molar-refractivity contribution in [1.29, 1.82) is 5.26 Å². The van der Waals surface area contributed by atoms with Crippen molar-refractivity contribution in [2.24, 2.45) is 0 Å². The van der Waals surface area contributed by atoms with Gasteiger partial charge < -0.3 is 9.84 Å². The van der Waals surface area contributed by atoms with Crippen LogP contribution in [0.4, 0.5) is 16.2 Å². The number of fused-ring (bicyclic) bond motifs is 1. The summed E-state index contributed by atoms with van der Waals surface area (Å²) in [6.07, 6.45) is -0.995. The molecule has 1 fully saturated rings. The van der Waals surface area contributed by atoms with Crippen LogP contribution in [0.5, 0.6) is 5.75 Å². The summed E-state index contributed by atoms with van der Waals surface area (Å²) in [6, 6.07) is 11.5. The Labute approximate surface area is 190 Å². The van der Waals surface area contributed by atoms with Crippen LogP contribution in [0.1, 0.15) is 18.4 Å². The Bertz CT molecular complexity index is 1350. The fraction of sp³-hybridized carbons (Fsp3) is 0.300. The Morgan fingerprint density at radius 1 is 1.18 bits per heavy atom. The number of rotatable bonds is 7. The Balaban J connectivity index is 1.70. The third kappa shape index (κ3) is 4.87. The first-order valence-electron chi connectivity index (χ1n) is 9.92. The van der Waals surface area contributed by atoms with E-state index in [-0.39, 0.29) is 40.7 Å². The van der Waals surface area contributed by atoms with Crippen molar-refractivity contribution >= 4 is 37.5 Å². The van der Waals surface area contributed by atoms with E-state index >= 15 is 0 Å². The van der Waals surface area contributed by atoms with Crippen LogP contribution in [0, 0.1) is 11.3 Å². The smallest absolute Gasteiger partial charge is 0.409 e. The molecule has 1 saturated carbocycles. The first-order chi connectivity index (χ1) is 15.6. The molecule has 1 amide bonds. The van der Waals surface area contributed by atoms with E-state index in [2.05, 4.69) is 10.0 Å². The van der Waals surface area contributed by atoms with Gasteiger partial charge in [0.2, 0.25) is 10.0 Å². The fourth-order valence-corrected chi connectivity index (χ4v) is 6.36. The summed E-state index contributed by atoms with van der Waals surface area (Å²) in [4.78, 5) is 10.9. The Morgan fingerprint density at radius 3 is 2.61 bits per heavy atom. The molecule has 11 nitrogen and oxygen atoms in total. The lowest BCUT2D eigenvalue weighted by Gasteiger charge is -2.35. The Hall–Kier alpha value is -3.34. The monoisotopic (exact) mass is 492 g/mol. The van der Waals surface area contributed by atoms with E-state index < -0.39 is 37.5 Å². The zero-order valence-corrected chi connectivity index (χ0v) is 18.8. The first kappa shape index (κ1) is 22.8. The van der Waals surface area contributed by atoms with Gasteiger partial charge in [-0.05, 0) is 49.2 Å². The van der Waals surface area contributed by atoms with Crippen molar-refractivity contribution in [2.75, 3.05) is 22.7 Å². The van der Waals surface area contributed by atoms with Crippen LogP contribution >= 0.6 is 0 Å². The van der Waals surface area contributed by atoms with Gasteiger partial charge in [-0.3, -0.25) is 9.62 Å². The highest BCUT2D eigenvalue weighted by Gasteiger charge is 2.38. The number of ether oxygens (including phenoxy) is 1. The summed E-state index contributed by atoms with van der Waals surface area (Å²) in [5.41, 5.74) is 0.369. The molecule has 1 aliphatic carbocycles. The third-order valence-corrected chi connectivity index (χ3v) is 8.86. The average molecular weight is 493 g/mol. The summed E-state index contributed by atoms with van der Waals surface area (Å²) in [7, 11) is -7.70. The second kappa shape index (κ2) is 8.54. The van der Waals surface area contributed by atoms with Crippen molar-refractivity contribution < 1.29 is 31.5 Å². The molecule has 2 aliphatic rings. The number of nitrogens with one attached hydrogen (secondary N) is 2. The molecule has 0 spiro atoms. The predicted octanol–water partition coefficient (Wildman–Crippen LogP) is 1.69. The number of amides is 1. The van der Waals surface area contributed by atoms with E-state index in [1.807, 2.05) is 6.07 Å². The number of nitriles is 1. The van der Waals surface area contributed by atoms with Gasteiger partial charge in [0.1, 0.15) is 11.9 Å². The SMILES string of the molecule is N#Cc1cccc(S(=O)(=O)N2CC(CNS(=O)(=O)C3CC3)Oc3ccc(NC(=O)O)cc32)c1. The van der Waals surface area contributed by atoms with Gasteiger partial charge in [0.05, 0.1) is 34.0 Å². The van der Waals surface area contributed by atoms with Gasteiger partial charge >= 0.3 is 6.09 Å². The van der Waals surface area contributed by atoms with E-state index in [1.54, 1.807) is 0 Å². The highest BCUT2D eigenvalue weighted by molar-refractivity contribution is 7.92. The van der Waals surface area contributed by atoms with Gasteiger partial charge in [-0.15, -0.1) is 0 Å². The molecule has 13 heteroatoms. The van der Waals surface area contributed by atoms with Crippen LogP contribution in [0.25, 0.3) is 0 Å². The largest absolute Gasteiger partial charge is 0.485 e. The van der Waals surface area contributed by atoms with Crippen molar-refractivity contribution in [3.05, 3.63) is 48.0 Å². The number of benzene rings is 2. The van der Waals surface area contributed by atoms with Gasteiger partial charge in [0.25, 0.3) is 10.0 Å². The molecule has 1 heterocycles.